The molecule has 0 atom stereocenters. The Balaban J connectivity index is 2.03. The summed E-state index contributed by atoms with van der Waals surface area (Å²) in [4.78, 5) is 10.6. The molecule has 0 spiro atoms. The number of aryl methyl sites for hydroxylation is 1. The SMILES string of the molecule is CC(C)c1nc(-c2ccccc2)nc(C(C)C)c1-n1cc[n+](C)c1-c1ccccc1SF. The van der Waals surface area contributed by atoms with Crippen molar-refractivity contribution in [2.45, 2.75) is 44.4 Å². The smallest absolute Gasteiger partial charge is 0.232 e. The molecule has 0 amide bonds. The summed E-state index contributed by atoms with van der Waals surface area (Å²) in [5.41, 5.74) is 4.77. The van der Waals surface area contributed by atoms with Crippen LogP contribution < -0.4 is 4.57 Å². The van der Waals surface area contributed by atoms with E-state index in [0.29, 0.717) is 4.90 Å². The Hall–Kier alpha value is -2.99. The summed E-state index contributed by atoms with van der Waals surface area (Å²) in [6, 6.07) is 17.6. The predicted octanol–water partition coefficient (Wildman–Crippen LogP) is 6.65. The van der Waals surface area contributed by atoms with Gasteiger partial charge in [-0.2, -0.15) is 8.45 Å². The highest BCUT2D eigenvalue weighted by atomic mass is 32.2. The van der Waals surface area contributed by atoms with Crippen molar-refractivity contribution in [2.75, 3.05) is 0 Å². The van der Waals surface area contributed by atoms with Crippen molar-refractivity contribution in [3.63, 3.8) is 0 Å². The molecule has 0 saturated carbocycles. The minimum absolute atomic E-state index is 0.180. The van der Waals surface area contributed by atoms with Gasteiger partial charge in [0.2, 0.25) is 0 Å². The Kier molecular flexibility index (Phi) is 6.42. The van der Waals surface area contributed by atoms with Gasteiger partial charge < -0.3 is 0 Å². The average Bonchev–Trinajstić information content (AvgIpc) is 3.19. The van der Waals surface area contributed by atoms with Crippen LogP contribution in [-0.2, 0) is 7.05 Å². The summed E-state index contributed by atoms with van der Waals surface area (Å²) in [7, 11) is 1.98. The molecule has 0 saturated heterocycles. The maximum atomic E-state index is 13.8. The molecule has 0 aliphatic rings. The van der Waals surface area contributed by atoms with Crippen molar-refractivity contribution < 1.29 is 8.45 Å². The lowest BCUT2D eigenvalue weighted by atomic mass is 10.00. The van der Waals surface area contributed by atoms with E-state index in [4.69, 9.17) is 9.97 Å². The van der Waals surface area contributed by atoms with Gasteiger partial charge in [0.15, 0.2) is 11.5 Å². The van der Waals surface area contributed by atoms with E-state index in [1.807, 2.05) is 72.5 Å². The fourth-order valence-electron chi connectivity index (χ4n) is 3.96. The Morgan fingerprint density at radius 2 is 1.47 bits per heavy atom. The maximum absolute atomic E-state index is 13.8. The molecule has 0 N–H and O–H groups in total. The number of imidazole rings is 1. The molecule has 4 nitrogen and oxygen atoms in total. The minimum atomic E-state index is 0.180. The Morgan fingerprint density at radius 1 is 0.875 bits per heavy atom. The van der Waals surface area contributed by atoms with E-state index in [1.54, 1.807) is 6.07 Å². The van der Waals surface area contributed by atoms with E-state index in [-0.39, 0.29) is 24.0 Å². The molecular formula is C26H28FN4S+. The minimum Gasteiger partial charge on any atom is -0.232 e. The Bertz CT molecular complexity index is 1200. The quantitative estimate of drug-likeness (QED) is 0.310. The maximum Gasteiger partial charge on any atom is 0.295 e. The molecule has 4 rings (SSSR count). The zero-order valence-electron chi connectivity index (χ0n) is 19.1. The fourth-order valence-corrected chi connectivity index (χ4v) is 4.33. The zero-order valence-corrected chi connectivity index (χ0v) is 19.9. The molecular weight excluding hydrogens is 419 g/mol. The summed E-state index contributed by atoms with van der Waals surface area (Å²) in [6.07, 6.45) is 4.02. The van der Waals surface area contributed by atoms with Crippen LogP contribution in [0.1, 0.15) is 50.9 Å². The first-order chi connectivity index (χ1) is 15.4. The zero-order chi connectivity index (χ0) is 22.8. The molecule has 2 aromatic carbocycles. The van der Waals surface area contributed by atoms with E-state index < -0.39 is 0 Å². The summed E-state index contributed by atoms with van der Waals surface area (Å²) in [5.74, 6) is 1.99. The molecule has 0 aliphatic heterocycles. The van der Waals surface area contributed by atoms with Crippen LogP contribution in [0.3, 0.4) is 0 Å². The number of hydrogen-bond acceptors (Lipinski definition) is 3. The third-order valence-corrected chi connectivity index (χ3v) is 6.04. The van der Waals surface area contributed by atoms with Gasteiger partial charge in [-0.3, -0.25) is 0 Å². The van der Waals surface area contributed by atoms with Crippen LogP contribution in [0.15, 0.2) is 71.9 Å². The highest BCUT2D eigenvalue weighted by Gasteiger charge is 2.30. The first-order valence-electron chi connectivity index (χ1n) is 10.8. The number of hydrogen-bond donors (Lipinski definition) is 0. The molecule has 6 heteroatoms. The first kappa shape index (κ1) is 22.2. The van der Waals surface area contributed by atoms with Crippen LogP contribution >= 0.6 is 12.1 Å². The van der Waals surface area contributed by atoms with Gasteiger partial charge >= 0.3 is 0 Å². The highest BCUT2D eigenvalue weighted by Crippen LogP contribution is 2.36. The molecule has 0 unspecified atom stereocenters. The second-order valence-corrected chi connectivity index (χ2v) is 9.11. The van der Waals surface area contributed by atoms with E-state index in [9.17, 15) is 3.89 Å². The highest BCUT2D eigenvalue weighted by molar-refractivity contribution is 7.94. The molecule has 4 aromatic rings. The van der Waals surface area contributed by atoms with Crippen LogP contribution in [0.5, 0.6) is 0 Å². The van der Waals surface area contributed by atoms with Gasteiger partial charge in [0, 0.05) is 17.4 Å². The van der Waals surface area contributed by atoms with Gasteiger partial charge in [-0.1, -0.05) is 70.2 Å². The largest absolute Gasteiger partial charge is 0.295 e. The van der Waals surface area contributed by atoms with Crippen LogP contribution in [0, 0.1) is 0 Å². The van der Waals surface area contributed by atoms with Crippen molar-refractivity contribution in [3.8, 4) is 28.5 Å². The molecule has 0 radical (unpaired) electrons. The average molecular weight is 448 g/mol. The van der Waals surface area contributed by atoms with Crippen LogP contribution in [-0.4, -0.2) is 14.5 Å². The van der Waals surface area contributed by atoms with E-state index in [2.05, 4.69) is 32.3 Å². The monoisotopic (exact) mass is 447 g/mol. The molecule has 0 bridgehead atoms. The third kappa shape index (κ3) is 4.07. The van der Waals surface area contributed by atoms with Gasteiger partial charge in [-0.05, 0) is 12.1 Å². The van der Waals surface area contributed by atoms with Crippen molar-refractivity contribution in [1.82, 2.24) is 14.5 Å². The number of rotatable bonds is 6. The summed E-state index contributed by atoms with van der Waals surface area (Å²) in [6.45, 7) is 8.61. The molecule has 0 fully saturated rings. The Morgan fingerprint density at radius 3 is 2.06 bits per heavy atom. The lowest BCUT2D eigenvalue weighted by molar-refractivity contribution is -0.659. The molecule has 32 heavy (non-hydrogen) atoms. The second kappa shape index (κ2) is 9.25. The molecule has 164 valence electrons. The predicted molar refractivity (Wildman–Crippen MR) is 129 cm³/mol. The normalized spacial score (nSPS) is 11.5. The third-order valence-electron chi connectivity index (χ3n) is 5.52. The number of aromatic nitrogens is 4. The van der Waals surface area contributed by atoms with Crippen LogP contribution in [0.2, 0.25) is 0 Å². The summed E-state index contributed by atoms with van der Waals surface area (Å²) >= 11 is 0.269. The van der Waals surface area contributed by atoms with Gasteiger partial charge in [-0.25, -0.2) is 14.5 Å². The van der Waals surface area contributed by atoms with Crippen LogP contribution in [0.4, 0.5) is 3.89 Å². The summed E-state index contributed by atoms with van der Waals surface area (Å²) in [5, 5.41) is 0. The van der Waals surface area contributed by atoms with Gasteiger partial charge in [0.1, 0.15) is 12.4 Å². The first-order valence-corrected chi connectivity index (χ1v) is 11.6. The Labute approximate surface area is 193 Å². The van der Waals surface area contributed by atoms with Gasteiger partial charge in [0.05, 0.1) is 41.0 Å². The number of halogens is 1. The summed E-state index contributed by atoms with van der Waals surface area (Å²) < 4.78 is 17.9. The number of benzene rings is 2. The standard InChI is InChI=1S/C26H28FN4S/c1-17(2)22-24(23(18(3)4)29-25(28-22)19-11-7-6-8-12-19)31-16-15-30(5)26(31)20-13-9-10-14-21(20)32-27/h6-18H,1-5H3/q+1. The van der Waals surface area contributed by atoms with E-state index >= 15 is 0 Å². The molecule has 2 aromatic heterocycles. The van der Waals surface area contributed by atoms with Gasteiger partial charge in [0.25, 0.3) is 5.82 Å². The number of nitrogens with zero attached hydrogens (tertiary/aromatic N) is 4. The van der Waals surface area contributed by atoms with Gasteiger partial charge in [-0.15, -0.1) is 0 Å². The molecule has 0 aliphatic carbocycles. The van der Waals surface area contributed by atoms with E-state index in [1.165, 1.54) is 0 Å². The van der Waals surface area contributed by atoms with Crippen molar-refractivity contribution in [1.29, 1.82) is 0 Å². The van der Waals surface area contributed by atoms with Crippen LogP contribution in [0.25, 0.3) is 28.5 Å². The van der Waals surface area contributed by atoms with Crippen molar-refractivity contribution in [3.05, 3.63) is 78.4 Å². The second-order valence-electron chi connectivity index (χ2n) is 8.52. The molecule has 2 heterocycles. The topological polar surface area (TPSA) is 34.6 Å². The van der Waals surface area contributed by atoms with Crippen molar-refractivity contribution >= 4 is 12.1 Å². The van der Waals surface area contributed by atoms with Crippen molar-refractivity contribution in [2.24, 2.45) is 7.05 Å². The lowest BCUT2D eigenvalue weighted by Crippen LogP contribution is -2.29. The van der Waals surface area contributed by atoms with E-state index in [0.717, 1.165) is 39.9 Å². The lowest BCUT2D eigenvalue weighted by Gasteiger charge is -2.18. The fraction of sp³-hybridized carbons (Fsp3) is 0.269.